The van der Waals surface area contributed by atoms with Crippen LogP contribution in [0.3, 0.4) is 0 Å². The number of benzene rings is 1. The molecule has 0 radical (unpaired) electrons. The average molecular weight is 341 g/mol. The van der Waals surface area contributed by atoms with Crippen LogP contribution in [0.4, 0.5) is 10.5 Å². The van der Waals surface area contributed by atoms with Crippen molar-refractivity contribution in [2.24, 2.45) is 0 Å². The molecule has 0 spiro atoms. The van der Waals surface area contributed by atoms with Crippen molar-refractivity contribution in [2.45, 2.75) is 26.8 Å². The molecule has 0 saturated carbocycles. The minimum Gasteiger partial charge on any atom is -0.334 e. The van der Waals surface area contributed by atoms with Gasteiger partial charge in [0.25, 0.3) is 0 Å². The largest absolute Gasteiger partial charge is 0.334 e. The van der Waals surface area contributed by atoms with Crippen LogP contribution in [0.2, 0.25) is 0 Å². The van der Waals surface area contributed by atoms with Crippen molar-refractivity contribution in [3.05, 3.63) is 48.0 Å². The van der Waals surface area contributed by atoms with Crippen molar-refractivity contribution >= 4 is 11.7 Å². The van der Waals surface area contributed by atoms with Crippen molar-refractivity contribution in [2.75, 3.05) is 38.0 Å². The highest BCUT2D eigenvalue weighted by Crippen LogP contribution is 2.12. The number of carbonyl (C=O) groups is 1. The molecule has 1 fully saturated rings. The second-order valence-electron chi connectivity index (χ2n) is 6.52. The number of piperazine rings is 1. The van der Waals surface area contributed by atoms with E-state index in [0.717, 1.165) is 62.8 Å². The second kappa shape index (κ2) is 8.16. The number of imidazole rings is 1. The van der Waals surface area contributed by atoms with Gasteiger partial charge in [-0.25, -0.2) is 9.78 Å². The molecule has 1 aromatic heterocycles. The van der Waals surface area contributed by atoms with E-state index in [-0.39, 0.29) is 6.03 Å². The van der Waals surface area contributed by atoms with Gasteiger partial charge in [-0.2, -0.15) is 0 Å². The van der Waals surface area contributed by atoms with Crippen molar-refractivity contribution in [1.29, 1.82) is 0 Å². The monoisotopic (exact) mass is 341 g/mol. The van der Waals surface area contributed by atoms with E-state index in [1.54, 1.807) is 0 Å². The van der Waals surface area contributed by atoms with E-state index in [1.165, 1.54) is 0 Å². The molecular weight excluding hydrogens is 314 g/mol. The molecule has 0 aliphatic carbocycles. The lowest BCUT2D eigenvalue weighted by molar-refractivity contribution is 0.144. The standard InChI is InChI=1S/C19H27N5O/c1-3-18-20-7-8-23(18)12-9-22-10-13-24(14-11-22)19(25)21-17-6-4-5-16(2)15-17/h4-8,15H,3,9-14H2,1-2H3,(H,21,25). The Kier molecular flexibility index (Phi) is 5.71. The van der Waals surface area contributed by atoms with Gasteiger partial charge in [-0.05, 0) is 24.6 Å². The van der Waals surface area contributed by atoms with Gasteiger partial charge in [-0.1, -0.05) is 19.1 Å². The molecule has 1 saturated heterocycles. The number of hydrogen-bond donors (Lipinski definition) is 1. The van der Waals surface area contributed by atoms with E-state index in [1.807, 2.05) is 48.5 Å². The van der Waals surface area contributed by atoms with Crippen molar-refractivity contribution in [3.8, 4) is 0 Å². The summed E-state index contributed by atoms with van der Waals surface area (Å²) in [5.41, 5.74) is 2.01. The van der Waals surface area contributed by atoms with Gasteiger partial charge < -0.3 is 14.8 Å². The first-order valence-electron chi connectivity index (χ1n) is 9.00. The molecule has 2 heterocycles. The van der Waals surface area contributed by atoms with Gasteiger partial charge >= 0.3 is 6.03 Å². The maximum absolute atomic E-state index is 12.4. The Morgan fingerprint density at radius 1 is 1.20 bits per heavy atom. The number of amides is 2. The van der Waals surface area contributed by atoms with Crippen LogP contribution in [-0.2, 0) is 13.0 Å². The Balaban J connectivity index is 1.44. The molecule has 2 amide bonds. The summed E-state index contributed by atoms with van der Waals surface area (Å²) in [7, 11) is 0. The Labute approximate surface area is 149 Å². The molecule has 0 bridgehead atoms. The minimum absolute atomic E-state index is 0.00636. The molecule has 6 heteroatoms. The summed E-state index contributed by atoms with van der Waals surface area (Å²) in [6, 6.07) is 7.90. The van der Waals surface area contributed by atoms with Crippen LogP contribution in [0, 0.1) is 6.92 Å². The molecular formula is C19H27N5O. The zero-order valence-electron chi connectivity index (χ0n) is 15.1. The fraction of sp³-hybridized carbons (Fsp3) is 0.474. The first kappa shape index (κ1) is 17.5. The number of hydrogen-bond acceptors (Lipinski definition) is 3. The summed E-state index contributed by atoms with van der Waals surface area (Å²) in [6.07, 6.45) is 4.87. The quantitative estimate of drug-likeness (QED) is 0.909. The zero-order valence-corrected chi connectivity index (χ0v) is 15.1. The van der Waals surface area contributed by atoms with Gasteiger partial charge in [0.1, 0.15) is 5.82 Å². The fourth-order valence-corrected chi connectivity index (χ4v) is 3.21. The fourth-order valence-electron chi connectivity index (χ4n) is 3.21. The van der Waals surface area contributed by atoms with Gasteiger partial charge in [0.15, 0.2) is 0 Å². The number of carbonyl (C=O) groups excluding carboxylic acids is 1. The number of aromatic nitrogens is 2. The third-order valence-corrected chi connectivity index (χ3v) is 4.70. The van der Waals surface area contributed by atoms with E-state index in [4.69, 9.17) is 0 Å². The third-order valence-electron chi connectivity index (χ3n) is 4.70. The third kappa shape index (κ3) is 4.60. The molecule has 1 aliphatic rings. The van der Waals surface area contributed by atoms with Crippen LogP contribution in [0.1, 0.15) is 18.3 Å². The zero-order chi connectivity index (χ0) is 17.6. The van der Waals surface area contributed by atoms with E-state index >= 15 is 0 Å². The van der Waals surface area contributed by atoms with Crippen LogP contribution >= 0.6 is 0 Å². The Morgan fingerprint density at radius 2 is 2.00 bits per heavy atom. The number of nitrogens with zero attached hydrogens (tertiary/aromatic N) is 4. The minimum atomic E-state index is -0.00636. The normalized spacial score (nSPS) is 15.4. The smallest absolute Gasteiger partial charge is 0.321 e. The number of urea groups is 1. The molecule has 0 atom stereocenters. The molecule has 1 aromatic carbocycles. The highest BCUT2D eigenvalue weighted by atomic mass is 16.2. The molecule has 1 N–H and O–H groups in total. The lowest BCUT2D eigenvalue weighted by Crippen LogP contribution is -2.50. The van der Waals surface area contributed by atoms with Gasteiger partial charge in [-0.3, -0.25) is 4.90 Å². The maximum atomic E-state index is 12.4. The maximum Gasteiger partial charge on any atom is 0.321 e. The molecule has 1 aliphatic heterocycles. The summed E-state index contributed by atoms with van der Waals surface area (Å²) in [4.78, 5) is 21.1. The first-order chi connectivity index (χ1) is 12.2. The van der Waals surface area contributed by atoms with Gasteiger partial charge in [0.05, 0.1) is 0 Å². The summed E-state index contributed by atoms with van der Waals surface area (Å²) in [5, 5.41) is 2.99. The first-order valence-corrected chi connectivity index (χ1v) is 9.00. The van der Waals surface area contributed by atoms with E-state index in [9.17, 15) is 4.79 Å². The van der Waals surface area contributed by atoms with E-state index in [2.05, 4.69) is 26.7 Å². The lowest BCUT2D eigenvalue weighted by Gasteiger charge is -2.34. The van der Waals surface area contributed by atoms with Crippen LogP contribution in [0.15, 0.2) is 36.7 Å². The second-order valence-corrected chi connectivity index (χ2v) is 6.52. The van der Waals surface area contributed by atoms with Gasteiger partial charge in [0, 0.05) is 63.8 Å². The number of anilines is 1. The van der Waals surface area contributed by atoms with Crippen molar-refractivity contribution < 1.29 is 4.79 Å². The van der Waals surface area contributed by atoms with Gasteiger partial charge in [0.2, 0.25) is 0 Å². The molecule has 6 nitrogen and oxygen atoms in total. The molecule has 0 unspecified atom stereocenters. The lowest BCUT2D eigenvalue weighted by atomic mass is 10.2. The average Bonchev–Trinajstić information content (AvgIpc) is 3.08. The summed E-state index contributed by atoms with van der Waals surface area (Å²) in [5.74, 6) is 1.14. The molecule has 3 rings (SSSR count). The van der Waals surface area contributed by atoms with Crippen LogP contribution in [-0.4, -0.2) is 58.1 Å². The molecule has 2 aromatic rings. The summed E-state index contributed by atoms with van der Waals surface area (Å²) >= 11 is 0. The SMILES string of the molecule is CCc1nccn1CCN1CCN(C(=O)Nc2cccc(C)c2)CC1. The number of rotatable bonds is 5. The van der Waals surface area contributed by atoms with Crippen molar-refractivity contribution in [1.82, 2.24) is 19.4 Å². The molecule has 25 heavy (non-hydrogen) atoms. The highest BCUT2D eigenvalue weighted by Gasteiger charge is 2.21. The van der Waals surface area contributed by atoms with E-state index < -0.39 is 0 Å². The van der Waals surface area contributed by atoms with Crippen LogP contribution in [0.25, 0.3) is 0 Å². The van der Waals surface area contributed by atoms with Crippen LogP contribution < -0.4 is 5.32 Å². The predicted molar refractivity (Wildman–Crippen MR) is 99.8 cm³/mol. The molecule has 134 valence electrons. The summed E-state index contributed by atoms with van der Waals surface area (Å²) < 4.78 is 2.22. The van der Waals surface area contributed by atoms with E-state index in [0.29, 0.717) is 0 Å². The Morgan fingerprint density at radius 3 is 2.72 bits per heavy atom. The topological polar surface area (TPSA) is 53.4 Å². The Bertz CT molecular complexity index is 703. The Hall–Kier alpha value is -2.34. The summed E-state index contributed by atoms with van der Waals surface area (Å²) in [6.45, 7) is 9.47. The van der Waals surface area contributed by atoms with Gasteiger partial charge in [-0.15, -0.1) is 0 Å². The number of aryl methyl sites for hydroxylation is 2. The van der Waals surface area contributed by atoms with Crippen molar-refractivity contribution in [3.63, 3.8) is 0 Å². The van der Waals surface area contributed by atoms with Crippen LogP contribution in [0.5, 0.6) is 0 Å². The number of nitrogens with one attached hydrogen (secondary N) is 1. The predicted octanol–water partition coefficient (Wildman–Crippen LogP) is 2.60. The highest BCUT2D eigenvalue weighted by molar-refractivity contribution is 5.89.